The van der Waals surface area contributed by atoms with Crippen LogP contribution in [0.1, 0.15) is 80.3 Å². The van der Waals surface area contributed by atoms with Gasteiger partial charge >= 0.3 is 0 Å². The summed E-state index contributed by atoms with van der Waals surface area (Å²) in [6.45, 7) is 6.24. The molecule has 6 aliphatic rings. The van der Waals surface area contributed by atoms with Crippen molar-refractivity contribution in [2.45, 2.75) is 89.8 Å². The lowest BCUT2D eigenvalue weighted by Gasteiger charge is -2.71. The van der Waals surface area contributed by atoms with Gasteiger partial charge in [0.25, 0.3) is 0 Å². The van der Waals surface area contributed by atoms with Gasteiger partial charge in [-0.15, -0.1) is 0 Å². The Morgan fingerprint density at radius 2 is 1.54 bits per heavy atom. The third-order valence-electron chi connectivity index (χ3n) is 14.8. The molecule has 8 heteroatoms. The maximum atomic E-state index is 14.7. The maximum absolute atomic E-state index is 14.7. The number of Topliss-reactive ketones (excluding diaryl/α,β-unsaturated/α-hetero) is 1. The van der Waals surface area contributed by atoms with Crippen molar-refractivity contribution in [1.82, 2.24) is 4.90 Å². The number of hydrogen-bond acceptors (Lipinski definition) is 6. The average molecular weight is 738 g/mol. The molecular formula is C46H53F2NO5. The molecule has 3 fully saturated rings. The van der Waals surface area contributed by atoms with Crippen molar-refractivity contribution < 1.29 is 33.6 Å². The van der Waals surface area contributed by atoms with Gasteiger partial charge in [-0.3, -0.25) is 9.69 Å². The van der Waals surface area contributed by atoms with Crippen LogP contribution in [-0.2, 0) is 17.9 Å². The molecule has 2 bridgehead atoms. The van der Waals surface area contributed by atoms with Gasteiger partial charge in [-0.05, 0) is 91.5 Å². The van der Waals surface area contributed by atoms with Crippen molar-refractivity contribution in [3.8, 4) is 0 Å². The highest BCUT2D eigenvalue weighted by molar-refractivity contribution is 6.10. The number of aliphatic hydroxyl groups is 3. The van der Waals surface area contributed by atoms with E-state index in [0.717, 1.165) is 42.5 Å². The fourth-order valence-electron chi connectivity index (χ4n) is 12.0. The van der Waals surface area contributed by atoms with Crippen LogP contribution in [0.4, 0.5) is 8.78 Å². The Kier molecular flexibility index (Phi) is 9.62. The molecule has 0 aromatic heterocycles. The Morgan fingerprint density at radius 3 is 2.26 bits per heavy atom. The predicted octanol–water partition coefficient (Wildman–Crippen LogP) is 7.82. The van der Waals surface area contributed by atoms with Crippen molar-refractivity contribution in [2.75, 3.05) is 19.7 Å². The Hall–Kier alpha value is -3.53. The lowest BCUT2D eigenvalue weighted by atomic mass is 9.32. The van der Waals surface area contributed by atoms with Crippen LogP contribution in [0.15, 0.2) is 103 Å². The SMILES string of the molecule is C[C@]12CC[C@H]3[C@]4(C=C[C@@]5(C=C4C(=O)c4ccc(F)c(F)c4)CC(O)CC[C@]35C)[C@@H]1CC[C@@]2(O)CN(Cc1ccccc1)C[C@@H](O)COCc1ccccc1. The first-order valence-electron chi connectivity index (χ1n) is 19.7. The highest BCUT2D eigenvalue weighted by atomic mass is 19.2. The third-order valence-corrected chi connectivity index (χ3v) is 14.8. The Balaban J connectivity index is 1.12. The van der Waals surface area contributed by atoms with Crippen molar-refractivity contribution >= 4 is 5.78 Å². The van der Waals surface area contributed by atoms with Gasteiger partial charge in [-0.25, -0.2) is 8.78 Å². The smallest absolute Gasteiger partial charge is 0.189 e. The van der Waals surface area contributed by atoms with Gasteiger partial charge in [0.2, 0.25) is 0 Å². The second kappa shape index (κ2) is 13.9. The zero-order valence-electron chi connectivity index (χ0n) is 31.4. The van der Waals surface area contributed by atoms with E-state index in [-0.39, 0.29) is 35.2 Å². The fourth-order valence-corrected chi connectivity index (χ4v) is 12.0. The molecule has 0 amide bonds. The summed E-state index contributed by atoms with van der Waals surface area (Å²) in [6, 6.07) is 23.3. The number of fused-ring (bicyclic) bond motifs is 1. The molecule has 3 saturated carbocycles. The summed E-state index contributed by atoms with van der Waals surface area (Å²) in [6.07, 6.45) is 10.1. The number of carbonyl (C=O) groups is 1. The van der Waals surface area contributed by atoms with E-state index in [9.17, 15) is 28.9 Å². The van der Waals surface area contributed by atoms with Crippen molar-refractivity contribution in [2.24, 2.45) is 33.5 Å². The van der Waals surface area contributed by atoms with E-state index in [1.165, 1.54) is 6.07 Å². The summed E-state index contributed by atoms with van der Waals surface area (Å²) < 4.78 is 34.7. The summed E-state index contributed by atoms with van der Waals surface area (Å²) in [5.74, 6) is -2.40. The number of ketones is 1. The van der Waals surface area contributed by atoms with Crippen LogP contribution >= 0.6 is 0 Å². The molecule has 2 spiro atoms. The van der Waals surface area contributed by atoms with E-state index in [1.807, 2.05) is 48.5 Å². The molecule has 0 radical (unpaired) electrons. The first-order chi connectivity index (χ1) is 25.8. The maximum Gasteiger partial charge on any atom is 0.189 e. The molecule has 6 nitrogen and oxygen atoms in total. The average Bonchev–Trinajstić information content (AvgIpc) is 3.42. The van der Waals surface area contributed by atoms with E-state index >= 15 is 0 Å². The summed E-state index contributed by atoms with van der Waals surface area (Å²) in [5.41, 5.74) is -0.406. The number of ether oxygens (including phenoxy) is 1. The molecule has 6 aliphatic carbocycles. The quantitative estimate of drug-likeness (QED) is 0.130. The second-order valence-corrected chi connectivity index (χ2v) is 17.6. The highest BCUT2D eigenvalue weighted by Gasteiger charge is 2.74. The monoisotopic (exact) mass is 737 g/mol. The summed E-state index contributed by atoms with van der Waals surface area (Å²) in [5, 5.41) is 35.4. The van der Waals surface area contributed by atoms with E-state index < -0.39 is 45.7 Å². The summed E-state index contributed by atoms with van der Waals surface area (Å²) in [7, 11) is 0. The molecular weight excluding hydrogens is 685 g/mol. The number of hydrogen-bond donors (Lipinski definition) is 3. The lowest BCUT2D eigenvalue weighted by molar-refractivity contribution is -0.177. The normalized spacial score (nSPS) is 35.6. The van der Waals surface area contributed by atoms with Crippen molar-refractivity contribution in [1.29, 1.82) is 0 Å². The Labute approximate surface area is 317 Å². The molecule has 3 N–H and O–H groups in total. The predicted molar refractivity (Wildman–Crippen MR) is 203 cm³/mol. The molecule has 9 rings (SSSR count). The van der Waals surface area contributed by atoms with Gasteiger partial charge in [0.1, 0.15) is 0 Å². The first kappa shape index (κ1) is 37.4. The van der Waals surface area contributed by atoms with E-state index in [4.69, 9.17) is 4.74 Å². The molecule has 286 valence electrons. The van der Waals surface area contributed by atoms with Crippen LogP contribution in [-0.4, -0.2) is 63.5 Å². The highest BCUT2D eigenvalue weighted by Crippen LogP contribution is 2.78. The van der Waals surface area contributed by atoms with Gasteiger partial charge < -0.3 is 20.1 Å². The standard InChI is InChI=1S/C46H53F2NO5/c1-42-18-15-34(50)24-44(42)21-22-46(36(25-44)41(52)33-13-14-37(47)38(48)23-33)39(42)16-19-43(2)40(46)17-20-45(43,53)30-49(26-31-9-5-3-6-10-31)27-35(51)29-54-28-32-11-7-4-8-12-32/h3-14,21-23,25,34-35,39-40,50-51,53H,15-20,24,26-30H2,1-2H3/t34?,35-,39-,40-,42-,43+,44+,45-,46-/m1/s1. The van der Waals surface area contributed by atoms with Gasteiger partial charge in [0.05, 0.1) is 31.0 Å². The minimum atomic E-state index is -1.14. The van der Waals surface area contributed by atoms with Gasteiger partial charge in [0, 0.05) is 47.0 Å². The number of halogens is 2. The number of aliphatic hydroxyl groups excluding tert-OH is 2. The largest absolute Gasteiger partial charge is 0.393 e. The fraction of sp³-hybridized carbons (Fsp3) is 0.500. The first-order valence-corrected chi connectivity index (χ1v) is 19.7. The molecule has 9 atom stereocenters. The minimum Gasteiger partial charge on any atom is -0.393 e. The molecule has 0 heterocycles. The minimum absolute atomic E-state index is 0.0705. The number of allylic oxidation sites excluding steroid dienone is 4. The van der Waals surface area contributed by atoms with Crippen LogP contribution in [0.3, 0.4) is 0 Å². The van der Waals surface area contributed by atoms with E-state index in [1.54, 1.807) is 0 Å². The zero-order valence-corrected chi connectivity index (χ0v) is 31.4. The number of benzene rings is 3. The molecule has 0 aliphatic heterocycles. The third kappa shape index (κ3) is 5.95. The molecule has 1 unspecified atom stereocenters. The van der Waals surface area contributed by atoms with Crippen LogP contribution in [0.5, 0.6) is 0 Å². The zero-order chi connectivity index (χ0) is 37.9. The molecule has 0 saturated heterocycles. The van der Waals surface area contributed by atoms with Crippen LogP contribution in [0.2, 0.25) is 0 Å². The number of rotatable bonds is 12. The van der Waals surface area contributed by atoms with Crippen molar-refractivity contribution in [3.63, 3.8) is 0 Å². The topological polar surface area (TPSA) is 90.2 Å². The second-order valence-electron chi connectivity index (χ2n) is 17.6. The van der Waals surface area contributed by atoms with Gasteiger partial charge in [0.15, 0.2) is 17.4 Å². The van der Waals surface area contributed by atoms with Crippen LogP contribution < -0.4 is 0 Å². The van der Waals surface area contributed by atoms with E-state index in [0.29, 0.717) is 57.5 Å². The van der Waals surface area contributed by atoms with E-state index in [2.05, 4.69) is 49.1 Å². The molecule has 3 aromatic carbocycles. The van der Waals surface area contributed by atoms with Gasteiger partial charge in [-0.1, -0.05) is 92.7 Å². The Morgan fingerprint density at radius 1 is 0.870 bits per heavy atom. The van der Waals surface area contributed by atoms with Crippen LogP contribution in [0.25, 0.3) is 0 Å². The summed E-state index contributed by atoms with van der Waals surface area (Å²) >= 11 is 0. The number of nitrogens with zero attached hydrogens (tertiary/aromatic N) is 1. The molecule has 54 heavy (non-hydrogen) atoms. The van der Waals surface area contributed by atoms with Crippen molar-refractivity contribution in [3.05, 3.63) is 131 Å². The lowest BCUT2D eigenvalue weighted by Crippen LogP contribution is -2.67. The molecule has 3 aromatic rings. The van der Waals surface area contributed by atoms with Crippen LogP contribution in [0, 0.1) is 45.1 Å². The Bertz CT molecular complexity index is 1940. The van der Waals surface area contributed by atoms with Gasteiger partial charge in [-0.2, -0.15) is 0 Å². The number of carbonyl (C=O) groups excluding carboxylic acids is 1. The summed E-state index contributed by atoms with van der Waals surface area (Å²) in [4.78, 5) is 16.9.